The van der Waals surface area contributed by atoms with Gasteiger partial charge in [0.1, 0.15) is 12.6 Å². The molecule has 0 fully saturated rings. The van der Waals surface area contributed by atoms with Crippen LogP contribution in [-0.2, 0) is 34.0 Å². The van der Waals surface area contributed by atoms with E-state index in [0.717, 1.165) is 15.3 Å². The molecule has 0 aliphatic rings. The number of rotatable bonds is 14. The number of hydrogen-bond acceptors (Lipinski definition) is 7. The first-order chi connectivity index (χ1) is 18.0. The van der Waals surface area contributed by atoms with Crippen molar-refractivity contribution in [3.8, 4) is 0 Å². The molecule has 2 aromatic heterocycles. The van der Waals surface area contributed by atoms with E-state index in [0.29, 0.717) is 38.9 Å². The van der Waals surface area contributed by atoms with Crippen molar-refractivity contribution in [1.29, 1.82) is 0 Å². The molecule has 0 saturated heterocycles. The minimum Gasteiger partial charge on any atom is -0.450 e. The Morgan fingerprint density at radius 1 is 0.865 bits per heavy atom. The lowest BCUT2D eigenvalue weighted by molar-refractivity contribution is -0.134. The van der Waals surface area contributed by atoms with Crippen LogP contribution in [0.5, 0.6) is 0 Å². The monoisotopic (exact) mass is 543 g/mol. The molecule has 0 bridgehead atoms. The average molecular weight is 544 g/mol. The Hall–Kier alpha value is -3.37. The van der Waals surface area contributed by atoms with Crippen LogP contribution in [0.1, 0.15) is 41.5 Å². The van der Waals surface area contributed by atoms with E-state index >= 15 is 0 Å². The van der Waals surface area contributed by atoms with Crippen LogP contribution in [0.15, 0.2) is 65.4 Å². The minimum atomic E-state index is -0.732. The molecule has 3 aromatic rings. The number of nitrogens with zero attached hydrogens (tertiary/aromatic N) is 1. The summed E-state index contributed by atoms with van der Waals surface area (Å²) in [5.41, 5.74) is 0.915. The second kappa shape index (κ2) is 15.7. The minimum absolute atomic E-state index is 0.162. The first-order valence-electron chi connectivity index (χ1n) is 12.3. The highest BCUT2D eigenvalue weighted by Crippen LogP contribution is 2.19. The average Bonchev–Trinajstić information content (AvgIpc) is 3.61. The maximum Gasteiger partial charge on any atom is 0.407 e. The molecular formula is C27H33N3O5S2. The Labute approximate surface area is 225 Å². The van der Waals surface area contributed by atoms with Crippen LogP contribution in [0, 0.1) is 0 Å². The molecule has 0 aliphatic carbocycles. The predicted octanol–water partition coefficient (Wildman–Crippen LogP) is 5.55. The van der Waals surface area contributed by atoms with E-state index in [9.17, 15) is 14.4 Å². The Morgan fingerprint density at radius 2 is 1.54 bits per heavy atom. The summed E-state index contributed by atoms with van der Waals surface area (Å²) in [5.74, 6) is -0.162. The lowest BCUT2D eigenvalue weighted by atomic mass is 10.1. The molecule has 0 aliphatic heterocycles. The smallest absolute Gasteiger partial charge is 0.407 e. The van der Waals surface area contributed by atoms with Gasteiger partial charge in [0.25, 0.3) is 0 Å². The summed E-state index contributed by atoms with van der Waals surface area (Å²) in [6, 6.07) is 16.6. The lowest BCUT2D eigenvalue weighted by Gasteiger charge is -2.27. The van der Waals surface area contributed by atoms with Crippen LogP contribution in [0.4, 0.5) is 9.59 Å². The molecule has 3 amide bonds. The van der Waals surface area contributed by atoms with Crippen LogP contribution in [0.2, 0.25) is 0 Å². The molecule has 2 heterocycles. The van der Waals surface area contributed by atoms with E-state index in [2.05, 4.69) is 10.6 Å². The fourth-order valence-electron chi connectivity index (χ4n) is 3.62. The normalized spacial score (nSPS) is 11.4. The molecule has 37 heavy (non-hydrogen) atoms. The maximum absolute atomic E-state index is 13.6. The van der Waals surface area contributed by atoms with E-state index in [4.69, 9.17) is 9.47 Å². The van der Waals surface area contributed by atoms with Crippen molar-refractivity contribution in [2.24, 2.45) is 0 Å². The molecule has 0 spiro atoms. The molecule has 1 atom stereocenters. The number of amides is 3. The summed E-state index contributed by atoms with van der Waals surface area (Å²) in [4.78, 5) is 41.7. The van der Waals surface area contributed by atoms with Gasteiger partial charge in [0.15, 0.2) is 0 Å². The van der Waals surface area contributed by atoms with Crippen LogP contribution in [-0.4, -0.2) is 42.2 Å². The molecule has 10 heteroatoms. The number of alkyl carbamates (subject to hydrolysis) is 2. The van der Waals surface area contributed by atoms with Crippen molar-refractivity contribution in [1.82, 2.24) is 15.5 Å². The first kappa shape index (κ1) is 28.2. The summed E-state index contributed by atoms with van der Waals surface area (Å²) in [7, 11) is 0. The highest BCUT2D eigenvalue weighted by atomic mass is 32.1. The summed E-state index contributed by atoms with van der Waals surface area (Å²) in [5, 5.41) is 9.43. The topological polar surface area (TPSA) is 97.0 Å². The van der Waals surface area contributed by atoms with E-state index in [1.165, 1.54) is 0 Å². The fraction of sp³-hybridized carbons (Fsp3) is 0.370. The van der Waals surface area contributed by atoms with Gasteiger partial charge in [-0.25, -0.2) is 9.59 Å². The molecule has 3 rings (SSSR count). The van der Waals surface area contributed by atoms with Crippen molar-refractivity contribution in [3.63, 3.8) is 0 Å². The van der Waals surface area contributed by atoms with Crippen molar-refractivity contribution in [2.75, 3.05) is 13.2 Å². The van der Waals surface area contributed by atoms with E-state index in [1.807, 2.05) is 65.4 Å². The standard InChI is InChI=1S/C27H33N3O5S2/c1-2-34-27(33)29-24(14-6-7-15-28-26(32)35-20-21-10-4-3-5-11-21)25(31)30(18-22-12-8-16-36-22)19-23-13-9-17-37-23/h3-5,8-13,16-17,24H,2,6-7,14-15,18-20H2,1H3,(H,28,32)(H,29,33)/t24-/m0/s1. The van der Waals surface area contributed by atoms with Crippen molar-refractivity contribution in [2.45, 2.75) is 51.9 Å². The molecule has 1 aromatic carbocycles. The van der Waals surface area contributed by atoms with Crippen LogP contribution >= 0.6 is 22.7 Å². The lowest BCUT2D eigenvalue weighted by Crippen LogP contribution is -2.48. The number of thiophene rings is 2. The van der Waals surface area contributed by atoms with Gasteiger partial charge < -0.3 is 25.0 Å². The third kappa shape index (κ3) is 10.3. The first-order valence-corrected chi connectivity index (χ1v) is 14.0. The molecule has 0 radical (unpaired) electrons. The zero-order chi connectivity index (χ0) is 26.3. The summed E-state index contributed by atoms with van der Waals surface area (Å²) < 4.78 is 10.3. The fourth-order valence-corrected chi connectivity index (χ4v) is 5.06. The van der Waals surface area contributed by atoms with Crippen LogP contribution < -0.4 is 10.6 Å². The Morgan fingerprint density at radius 3 is 2.14 bits per heavy atom. The van der Waals surface area contributed by atoms with Gasteiger partial charge in [-0.2, -0.15) is 0 Å². The SMILES string of the molecule is CCOC(=O)N[C@@H](CCCCNC(=O)OCc1ccccc1)C(=O)N(Cc1cccs1)Cc1cccs1. The second-order valence-electron chi connectivity index (χ2n) is 8.25. The van der Waals surface area contributed by atoms with Crippen molar-refractivity contribution >= 4 is 40.8 Å². The van der Waals surface area contributed by atoms with Gasteiger partial charge in [0, 0.05) is 16.3 Å². The van der Waals surface area contributed by atoms with Crippen molar-refractivity contribution in [3.05, 3.63) is 80.7 Å². The highest BCUT2D eigenvalue weighted by molar-refractivity contribution is 7.10. The van der Waals surface area contributed by atoms with Gasteiger partial charge in [0.05, 0.1) is 19.7 Å². The summed E-state index contributed by atoms with van der Waals surface area (Å²) in [6.45, 7) is 3.47. The van der Waals surface area contributed by atoms with E-state index in [-0.39, 0.29) is 19.1 Å². The number of nitrogens with one attached hydrogen (secondary N) is 2. The highest BCUT2D eigenvalue weighted by Gasteiger charge is 2.27. The van der Waals surface area contributed by atoms with E-state index < -0.39 is 18.2 Å². The maximum atomic E-state index is 13.6. The third-order valence-corrected chi connectivity index (χ3v) is 7.15. The van der Waals surface area contributed by atoms with Gasteiger partial charge >= 0.3 is 12.2 Å². The Bertz CT molecular complexity index is 1040. The molecule has 0 saturated carbocycles. The Kier molecular flexibility index (Phi) is 12.0. The zero-order valence-electron chi connectivity index (χ0n) is 20.9. The van der Waals surface area contributed by atoms with Crippen LogP contribution in [0.25, 0.3) is 0 Å². The molecule has 0 unspecified atom stereocenters. The molecular weight excluding hydrogens is 510 g/mol. The largest absolute Gasteiger partial charge is 0.450 e. The van der Waals surface area contributed by atoms with Crippen molar-refractivity contribution < 1.29 is 23.9 Å². The molecule has 8 nitrogen and oxygen atoms in total. The summed E-state index contributed by atoms with van der Waals surface area (Å²) in [6.07, 6.45) is 0.567. The van der Waals surface area contributed by atoms with Gasteiger partial charge in [-0.1, -0.05) is 42.5 Å². The van der Waals surface area contributed by atoms with Gasteiger partial charge in [-0.3, -0.25) is 4.79 Å². The zero-order valence-corrected chi connectivity index (χ0v) is 22.5. The quantitative estimate of drug-likeness (QED) is 0.260. The number of benzene rings is 1. The molecule has 198 valence electrons. The van der Waals surface area contributed by atoms with Gasteiger partial charge in [-0.05, 0) is 54.6 Å². The Balaban J connectivity index is 1.52. The van der Waals surface area contributed by atoms with Gasteiger partial charge in [0.2, 0.25) is 5.91 Å². The second-order valence-corrected chi connectivity index (χ2v) is 10.3. The van der Waals surface area contributed by atoms with Crippen LogP contribution in [0.3, 0.4) is 0 Å². The number of carbonyl (C=O) groups excluding carboxylic acids is 3. The number of hydrogen-bond donors (Lipinski definition) is 2. The number of carbonyl (C=O) groups is 3. The third-order valence-electron chi connectivity index (χ3n) is 5.43. The van der Waals surface area contributed by atoms with E-state index in [1.54, 1.807) is 34.5 Å². The molecule has 2 N–H and O–H groups in total. The van der Waals surface area contributed by atoms with Gasteiger partial charge in [-0.15, -0.1) is 22.7 Å². The number of unbranched alkanes of at least 4 members (excludes halogenated alkanes) is 1. The summed E-state index contributed by atoms with van der Waals surface area (Å²) >= 11 is 3.18. The predicted molar refractivity (Wildman–Crippen MR) is 145 cm³/mol. The number of ether oxygens (including phenoxy) is 2.